The van der Waals surface area contributed by atoms with Gasteiger partial charge in [0.1, 0.15) is 17.9 Å². The first-order chi connectivity index (χ1) is 9.26. The SMILES string of the molecule is COc1ccc(OCc2ccccc2)c(C=O)c1O. The summed E-state index contributed by atoms with van der Waals surface area (Å²) in [5.74, 6) is 0.370. The van der Waals surface area contributed by atoms with Gasteiger partial charge >= 0.3 is 0 Å². The van der Waals surface area contributed by atoms with Gasteiger partial charge in [-0.25, -0.2) is 0 Å². The van der Waals surface area contributed by atoms with Crippen molar-refractivity contribution >= 4 is 6.29 Å². The van der Waals surface area contributed by atoms with Crippen LogP contribution in [0.3, 0.4) is 0 Å². The van der Waals surface area contributed by atoms with Gasteiger partial charge in [-0.2, -0.15) is 0 Å². The highest BCUT2D eigenvalue weighted by atomic mass is 16.5. The molecule has 0 fully saturated rings. The number of carbonyl (C=O) groups excluding carboxylic acids is 1. The van der Waals surface area contributed by atoms with Gasteiger partial charge in [-0.05, 0) is 17.7 Å². The molecule has 0 unspecified atom stereocenters. The van der Waals surface area contributed by atoms with Crippen LogP contribution in [0.2, 0.25) is 0 Å². The van der Waals surface area contributed by atoms with Gasteiger partial charge in [0.2, 0.25) is 0 Å². The van der Waals surface area contributed by atoms with Gasteiger partial charge in [0.15, 0.2) is 17.8 Å². The Balaban J connectivity index is 2.21. The molecule has 1 N–H and O–H groups in total. The molecule has 0 saturated carbocycles. The summed E-state index contributed by atoms with van der Waals surface area (Å²) in [6.45, 7) is 0.327. The molecular weight excluding hydrogens is 244 g/mol. The Bertz CT molecular complexity index is 564. The first-order valence-electron chi connectivity index (χ1n) is 5.78. The van der Waals surface area contributed by atoms with E-state index >= 15 is 0 Å². The standard InChI is InChI=1S/C15H14O4/c1-18-14-8-7-13(12(9-16)15(14)17)19-10-11-5-3-2-4-6-11/h2-9,17H,10H2,1H3. The summed E-state index contributed by atoms with van der Waals surface area (Å²) in [7, 11) is 1.42. The number of aldehydes is 1. The van der Waals surface area contributed by atoms with Crippen molar-refractivity contribution in [2.45, 2.75) is 6.61 Å². The molecule has 19 heavy (non-hydrogen) atoms. The smallest absolute Gasteiger partial charge is 0.172 e. The number of rotatable bonds is 5. The number of carbonyl (C=O) groups is 1. The van der Waals surface area contributed by atoms with Crippen molar-refractivity contribution in [2.75, 3.05) is 7.11 Å². The van der Waals surface area contributed by atoms with Crippen LogP contribution in [-0.2, 0) is 6.61 Å². The lowest BCUT2D eigenvalue weighted by Crippen LogP contribution is -1.99. The Hall–Kier alpha value is -2.49. The summed E-state index contributed by atoms with van der Waals surface area (Å²) >= 11 is 0. The van der Waals surface area contributed by atoms with Crippen molar-refractivity contribution in [1.82, 2.24) is 0 Å². The third-order valence-corrected chi connectivity index (χ3v) is 2.71. The molecule has 0 aromatic heterocycles. The molecule has 98 valence electrons. The van der Waals surface area contributed by atoms with Gasteiger partial charge in [0.25, 0.3) is 0 Å². The zero-order chi connectivity index (χ0) is 13.7. The van der Waals surface area contributed by atoms with Crippen LogP contribution in [0, 0.1) is 0 Å². The van der Waals surface area contributed by atoms with E-state index in [1.807, 2.05) is 30.3 Å². The molecular formula is C15H14O4. The third-order valence-electron chi connectivity index (χ3n) is 2.71. The molecule has 4 nitrogen and oxygen atoms in total. The number of hydrogen-bond acceptors (Lipinski definition) is 4. The summed E-state index contributed by atoms with van der Waals surface area (Å²) in [6, 6.07) is 12.7. The molecule has 4 heteroatoms. The quantitative estimate of drug-likeness (QED) is 0.838. The largest absolute Gasteiger partial charge is 0.504 e. The van der Waals surface area contributed by atoms with Crippen LogP contribution in [0.15, 0.2) is 42.5 Å². The van der Waals surface area contributed by atoms with E-state index in [4.69, 9.17) is 9.47 Å². The van der Waals surface area contributed by atoms with E-state index in [9.17, 15) is 9.90 Å². The Kier molecular flexibility index (Phi) is 4.03. The van der Waals surface area contributed by atoms with Gasteiger partial charge in [0, 0.05) is 0 Å². The average Bonchev–Trinajstić information content (AvgIpc) is 2.46. The summed E-state index contributed by atoms with van der Waals surface area (Å²) < 4.78 is 10.5. The second kappa shape index (κ2) is 5.91. The molecule has 0 atom stereocenters. The monoisotopic (exact) mass is 258 g/mol. The predicted molar refractivity (Wildman–Crippen MR) is 70.8 cm³/mol. The average molecular weight is 258 g/mol. The minimum atomic E-state index is -0.205. The molecule has 0 aliphatic rings. The fourth-order valence-corrected chi connectivity index (χ4v) is 1.71. The van der Waals surface area contributed by atoms with E-state index in [2.05, 4.69) is 0 Å². The molecule has 2 aromatic carbocycles. The molecule has 0 aliphatic heterocycles. The normalized spacial score (nSPS) is 9.95. The Labute approximate surface area is 111 Å². The predicted octanol–water partition coefficient (Wildman–Crippen LogP) is 2.79. The molecule has 0 saturated heterocycles. The first-order valence-corrected chi connectivity index (χ1v) is 5.78. The summed E-state index contributed by atoms with van der Waals surface area (Å²) in [4.78, 5) is 11.0. The van der Waals surface area contributed by atoms with Gasteiger partial charge in [0.05, 0.1) is 7.11 Å². The molecule has 0 heterocycles. The van der Waals surface area contributed by atoms with E-state index in [0.29, 0.717) is 18.6 Å². The van der Waals surface area contributed by atoms with E-state index in [-0.39, 0.29) is 17.1 Å². The van der Waals surface area contributed by atoms with Crippen LogP contribution in [-0.4, -0.2) is 18.5 Å². The Morgan fingerprint density at radius 1 is 1.11 bits per heavy atom. The lowest BCUT2D eigenvalue weighted by atomic mass is 10.1. The molecule has 0 bridgehead atoms. The number of aromatic hydroxyl groups is 1. The summed E-state index contributed by atoms with van der Waals surface area (Å²) in [5, 5.41) is 9.83. The molecule has 0 radical (unpaired) electrons. The highest BCUT2D eigenvalue weighted by molar-refractivity contribution is 5.85. The van der Waals surface area contributed by atoms with Gasteiger partial charge in [-0.15, -0.1) is 0 Å². The van der Waals surface area contributed by atoms with Gasteiger partial charge in [-0.1, -0.05) is 30.3 Å². The maximum absolute atomic E-state index is 11.0. The van der Waals surface area contributed by atoms with Crippen LogP contribution in [0.25, 0.3) is 0 Å². The number of methoxy groups -OCH3 is 1. The van der Waals surface area contributed by atoms with Crippen LogP contribution >= 0.6 is 0 Å². The van der Waals surface area contributed by atoms with Gasteiger partial charge in [-0.3, -0.25) is 4.79 Å². The van der Waals surface area contributed by atoms with Crippen LogP contribution < -0.4 is 9.47 Å². The molecule has 0 aliphatic carbocycles. The number of ether oxygens (including phenoxy) is 2. The molecule has 2 rings (SSSR count). The maximum Gasteiger partial charge on any atom is 0.172 e. The van der Waals surface area contributed by atoms with E-state index in [0.717, 1.165) is 5.56 Å². The van der Waals surface area contributed by atoms with E-state index in [1.54, 1.807) is 12.1 Å². The fraction of sp³-hybridized carbons (Fsp3) is 0.133. The topological polar surface area (TPSA) is 55.8 Å². The Morgan fingerprint density at radius 3 is 2.42 bits per heavy atom. The fourth-order valence-electron chi connectivity index (χ4n) is 1.71. The molecule has 0 amide bonds. The van der Waals surface area contributed by atoms with Gasteiger partial charge < -0.3 is 14.6 Å². The van der Waals surface area contributed by atoms with Crippen molar-refractivity contribution in [3.05, 3.63) is 53.6 Å². The highest BCUT2D eigenvalue weighted by Gasteiger charge is 2.13. The highest BCUT2D eigenvalue weighted by Crippen LogP contribution is 2.35. The summed E-state index contributed by atoms with van der Waals surface area (Å²) in [5.41, 5.74) is 1.07. The second-order valence-electron chi connectivity index (χ2n) is 3.92. The van der Waals surface area contributed by atoms with Crippen molar-refractivity contribution in [1.29, 1.82) is 0 Å². The van der Waals surface area contributed by atoms with Crippen molar-refractivity contribution < 1.29 is 19.4 Å². The van der Waals surface area contributed by atoms with Crippen molar-refractivity contribution in [2.24, 2.45) is 0 Å². The lowest BCUT2D eigenvalue weighted by molar-refractivity contribution is 0.111. The number of phenolic OH excluding ortho intramolecular Hbond substituents is 1. The zero-order valence-electron chi connectivity index (χ0n) is 10.5. The van der Waals surface area contributed by atoms with E-state index < -0.39 is 0 Å². The zero-order valence-corrected chi connectivity index (χ0v) is 10.5. The number of hydrogen-bond donors (Lipinski definition) is 1. The minimum Gasteiger partial charge on any atom is -0.504 e. The van der Waals surface area contributed by atoms with E-state index in [1.165, 1.54) is 7.11 Å². The Morgan fingerprint density at radius 2 is 1.79 bits per heavy atom. The third kappa shape index (κ3) is 2.85. The van der Waals surface area contributed by atoms with Crippen LogP contribution in [0.4, 0.5) is 0 Å². The van der Waals surface area contributed by atoms with Crippen LogP contribution in [0.5, 0.6) is 17.2 Å². The lowest BCUT2D eigenvalue weighted by Gasteiger charge is -2.11. The second-order valence-corrected chi connectivity index (χ2v) is 3.92. The van der Waals surface area contributed by atoms with Crippen molar-refractivity contribution in [3.63, 3.8) is 0 Å². The minimum absolute atomic E-state index is 0.0929. The number of phenols is 1. The number of benzene rings is 2. The molecule has 2 aromatic rings. The molecule has 0 spiro atoms. The van der Waals surface area contributed by atoms with Crippen LogP contribution in [0.1, 0.15) is 15.9 Å². The van der Waals surface area contributed by atoms with Crippen molar-refractivity contribution in [3.8, 4) is 17.2 Å². The first kappa shape index (κ1) is 13.0. The maximum atomic E-state index is 11.0. The summed E-state index contributed by atoms with van der Waals surface area (Å²) in [6.07, 6.45) is 0.554.